The fourth-order valence-electron chi connectivity index (χ4n) is 6.37. The Labute approximate surface area is 241 Å². The molecule has 0 aliphatic carbocycles. The van der Waals surface area contributed by atoms with Crippen molar-refractivity contribution >= 4 is 34.9 Å². The number of ketones is 1. The molecule has 0 spiro atoms. The first-order valence-electron chi connectivity index (χ1n) is 14.0. The van der Waals surface area contributed by atoms with E-state index in [1.807, 2.05) is 6.07 Å². The zero-order valence-corrected chi connectivity index (χ0v) is 23.3. The van der Waals surface area contributed by atoms with Gasteiger partial charge in [-0.2, -0.15) is 13.2 Å². The maximum atomic E-state index is 14.0. The summed E-state index contributed by atoms with van der Waals surface area (Å²) in [5, 5.41) is 11.0. The molecule has 41 heavy (non-hydrogen) atoms. The second kappa shape index (κ2) is 11.6. The third-order valence-electron chi connectivity index (χ3n) is 8.81. The molecule has 5 rings (SSSR count). The van der Waals surface area contributed by atoms with Crippen LogP contribution in [0.4, 0.5) is 18.9 Å². The molecular formula is C30H33ClF3N3O4. The lowest BCUT2D eigenvalue weighted by atomic mass is 9.78. The Kier molecular flexibility index (Phi) is 8.34. The summed E-state index contributed by atoms with van der Waals surface area (Å²) >= 11 is 6.47. The van der Waals surface area contributed by atoms with Gasteiger partial charge in [0.15, 0.2) is 5.78 Å². The summed E-state index contributed by atoms with van der Waals surface area (Å²) in [6.07, 6.45) is -1.82. The molecule has 3 aliphatic heterocycles. The minimum atomic E-state index is -5.14. The lowest BCUT2D eigenvalue weighted by Gasteiger charge is -2.42. The molecule has 3 aliphatic rings. The van der Waals surface area contributed by atoms with E-state index in [9.17, 15) is 32.7 Å². The molecule has 2 aromatic rings. The van der Waals surface area contributed by atoms with Crippen LogP contribution in [0.1, 0.15) is 48.0 Å². The molecule has 3 fully saturated rings. The van der Waals surface area contributed by atoms with Crippen LogP contribution in [-0.2, 0) is 15.2 Å². The van der Waals surface area contributed by atoms with Gasteiger partial charge in [-0.3, -0.25) is 14.4 Å². The van der Waals surface area contributed by atoms with Gasteiger partial charge >= 0.3 is 6.18 Å². The summed E-state index contributed by atoms with van der Waals surface area (Å²) in [6, 6.07) is 11.9. The Morgan fingerprint density at radius 2 is 1.46 bits per heavy atom. The number of anilines is 1. The number of piperidine rings is 2. The maximum absolute atomic E-state index is 14.0. The van der Waals surface area contributed by atoms with Crippen molar-refractivity contribution in [3.05, 3.63) is 64.7 Å². The van der Waals surface area contributed by atoms with E-state index in [0.29, 0.717) is 42.3 Å². The normalized spacial score (nSPS) is 20.8. The molecule has 220 valence electrons. The maximum Gasteiger partial charge on any atom is 0.430 e. The number of carbonyl (C=O) groups is 3. The van der Waals surface area contributed by atoms with Crippen LogP contribution in [0, 0.1) is 11.8 Å². The third-order valence-corrected chi connectivity index (χ3v) is 9.12. The zero-order chi connectivity index (χ0) is 29.4. The first-order chi connectivity index (χ1) is 19.5. The van der Waals surface area contributed by atoms with Crippen LogP contribution in [0.5, 0.6) is 0 Å². The Bertz CT molecular complexity index is 1290. The lowest BCUT2D eigenvalue weighted by molar-refractivity contribution is -0.262. The zero-order valence-electron chi connectivity index (χ0n) is 22.6. The number of halogens is 4. The van der Waals surface area contributed by atoms with Crippen LogP contribution in [0.2, 0.25) is 5.02 Å². The van der Waals surface area contributed by atoms with Crippen LogP contribution in [-0.4, -0.2) is 77.9 Å². The number of amides is 2. The average molecular weight is 592 g/mol. The fourth-order valence-corrected chi connectivity index (χ4v) is 6.62. The summed E-state index contributed by atoms with van der Waals surface area (Å²) < 4.78 is 41.9. The van der Waals surface area contributed by atoms with Crippen LogP contribution >= 0.6 is 11.6 Å². The van der Waals surface area contributed by atoms with Gasteiger partial charge in [-0.05, 0) is 55.7 Å². The molecule has 2 aromatic carbocycles. The highest BCUT2D eigenvalue weighted by Gasteiger charge is 2.62. The molecule has 7 nitrogen and oxygen atoms in total. The predicted molar refractivity (Wildman–Crippen MR) is 148 cm³/mol. The molecule has 3 saturated heterocycles. The molecule has 11 heteroatoms. The Morgan fingerprint density at radius 1 is 0.854 bits per heavy atom. The van der Waals surface area contributed by atoms with Crippen molar-refractivity contribution in [2.75, 3.05) is 44.2 Å². The SMILES string of the molecule is O=C1CCN(C(=O)c2ccc(N3CCC(C4CCN(C(=O)C(O)(c5ccccc5)C(F)(F)F)CC4)CC3)cc2Cl)C1. The standard InChI is InChI=1S/C30H33ClF3N3O4/c31-26-18-23(6-7-25(26)27(39)37-17-12-24(38)19-37)35-13-8-20(9-14-35)21-10-15-36(16-11-21)28(40)29(41,30(32,33)34)22-4-2-1-3-5-22/h1-7,18,20-21,41H,8-17,19H2. The number of aliphatic hydroxyl groups is 1. The summed E-state index contributed by atoms with van der Waals surface area (Å²) in [5.74, 6) is -0.860. The van der Waals surface area contributed by atoms with E-state index in [-0.39, 0.29) is 37.2 Å². The van der Waals surface area contributed by atoms with Crippen molar-refractivity contribution in [2.45, 2.75) is 43.9 Å². The van der Waals surface area contributed by atoms with Gasteiger partial charge in [0.1, 0.15) is 0 Å². The molecule has 0 bridgehead atoms. The van der Waals surface area contributed by atoms with Gasteiger partial charge in [-0.15, -0.1) is 0 Å². The second-order valence-electron chi connectivity index (χ2n) is 11.2. The largest absolute Gasteiger partial charge is 0.430 e. The molecule has 3 heterocycles. The molecule has 2 amide bonds. The van der Waals surface area contributed by atoms with Gasteiger partial charge in [-0.25, -0.2) is 0 Å². The number of hydrogen-bond acceptors (Lipinski definition) is 5. The number of nitrogens with zero attached hydrogens (tertiary/aromatic N) is 3. The molecular weight excluding hydrogens is 559 g/mol. The third kappa shape index (κ3) is 5.81. The average Bonchev–Trinajstić information content (AvgIpc) is 3.42. The highest BCUT2D eigenvalue weighted by atomic mass is 35.5. The van der Waals surface area contributed by atoms with E-state index in [2.05, 4.69) is 4.90 Å². The topological polar surface area (TPSA) is 81.2 Å². The second-order valence-corrected chi connectivity index (χ2v) is 11.6. The fraction of sp³-hybridized carbons (Fsp3) is 0.500. The van der Waals surface area contributed by atoms with Gasteiger partial charge < -0.3 is 19.8 Å². The van der Waals surface area contributed by atoms with Gasteiger partial charge in [0.25, 0.3) is 17.4 Å². The monoisotopic (exact) mass is 591 g/mol. The summed E-state index contributed by atoms with van der Waals surface area (Å²) in [5.41, 5.74) is -2.75. The van der Waals surface area contributed by atoms with Crippen molar-refractivity contribution in [1.29, 1.82) is 0 Å². The van der Waals surface area contributed by atoms with E-state index in [4.69, 9.17) is 11.6 Å². The van der Waals surface area contributed by atoms with Crippen LogP contribution in [0.25, 0.3) is 0 Å². The van der Waals surface area contributed by atoms with E-state index >= 15 is 0 Å². The first-order valence-corrected chi connectivity index (χ1v) is 14.4. The summed E-state index contributed by atoms with van der Waals surface area (Å²) in [4.78, 5) is 42.2. The molecule has 1 N–H and O–H groups in total. The van der Waals surface area contributed by atoms with Gasteiger partial charge in [-0.1, -0.05) is 41.9 Å². The smallest absolute Gasteiger partial charge is 0.371 e. The number of likely N-dealkylation sites (tertiary alicyclic amines) is 2. The molecule has 0 saturated carbocycles. The van der Waals surface area contributed by atoms with E-state index in [1.54, 1.807) is 12.1 Å². The van der Waals surface area contributed by atoms with Gasteiger partial charge in [0.2, 0.25) is 0 Å². The van der Waals surface area contributed by atoms with E-state index in [1.165, 1.54) is 23.1 Å². The Morgan fingerprint density at radius 3 is 2.00 bits per heavy atom. The van der Waals surface area contributed by atoms with Crippen LogP contribution in [0.3, 0.4) is 0 Å². The minimum Gasteiger partial charge on any atom is -0.371 e. The van der Waals surface area contributed by atoms with E-state index < -0.39 is 23.2 Å². The van der Waals surface area contributed by atoms with Crippen molar-refractivity contribution in [3.63, 3.8) is 0 Å². The molecule has 0 aromatic heterocycles. The van der Waals surface area contributed by atoms with Crippen LogP contribution in [0.15, 0.2) is 48.5 Å². The highest BCUT2D eigenvalue weighted by Crippen LogP contribution is 2.42. The predicted octanol–water partition coefficient (Wildman–Crippen LogP) is 4.66. The Hall–Kier alpha value is -3.11. The number of rotatable bonds is 5. The number of alkyl halides is 3. The molecule has 1 atom stereocenters. The highest BCUT2D eigenvalue weighted by molar-refractivity contribution is 6.34. The number of benzene rings is 2. The van der Waals surface area contributed by atoms with Crippen molar-refractivity contribution < 1.29 is 32.7 Å². The first kappa shape index (κ1) is 29.4. The minimum absolute atomic E-state index is 0.0428. The summed E-state index contributed by atoms with van der Waals surface area (Å²) in [6.45, 7) is 2.41. The van der Waals surface area contributed by atoms with Gasteiger partial charge in [0, 0.05) is 50.4 Å². The Balaban J connectivity index is 1.16. The number of hydrogen-bond donors (Lipinski definition) is 1. The van der Waals surface area contributed by atoms with Crippen molar-refractivity contribution in [2.24, 2.45) is 11.8 Å². The van der Waals surface area contributed by atoms with E-state index in [0.717, 1.165) is 48.7 Å². The number of carbonyl (C=O) groups excluding carboxylic acids is 3. The van der Waals surface area contributed by atoms with Crippen LogP contribution < -0.4 is 4.90 Å². The molecule has 0 radical (unpaired) electrons. The van der Waals surface area contributed by atoms with Crippen molar-refractivity contribution in [3.8, 4) is 0 Å². The number of Topliss-reactive ketones (excluding diaryl/α,β-unsaturated/α-hetero) is 1. The quantitative estimate of drug-likeness (QED) is 0.547. The summed E-state index contributed by atoms with van der Waals surface area (Å²) in [7, 11) is 0. The lowest BCUT2D eigenvalue weighted by Crippen LogP contribution is -2.57. The van der Waals surface area contributed by atoms with Gasteiger partial charge in [0.05, 0.1) is 17.1 Å². The molecule has 1 unspecified atom stereocenters. The van der Waals surface area contributed by atoms with Crippen molar-refractivity contribution in [1.82, 2.24) is 9.80 Å².